The standard InChI is InChI=1S/C12H14N2O2/c1-9-5-6-10(12(15)16)11(13-9)14-7-3-2-4-8-14/h2-3,5-6H,4,7-8H2,1H3,(H,15,16). The lowest BCUT2D eigenvalue weighted by Crippen LogP contribution is -2.29. The molecule has 84 valence electrons. The van der Waals surface area contributed by atoms with Crippen molar-refractivity contribution >= 4 is 11.8 Å². The number of aromatic nitrogens is 1. The first-order valence-corrected chi connectivity index (χ1v) is 5.29. The van der Waals surface area contributed by atoms with Crippen LogP contribution in [-0.4, -0.2) is 29.1 Å². The van der Waals surface area contributed by atoms with Gasteiger partial charge in [-0.2, -0.15) is 0 Å². The van der Waals surface area contributed by atoms with Gasteiger partial charge in [-0.05, 0) is 25.5 Å². The molecule has 0 bridgehead atoms. The van der Waals surface area contributed by atoms with Crippen LogP contribution in [0.25, 0.3) is 0 Å². The lowest BCUT2D eigenvalue weighted by atomic mass is 10.2. The molecular weight excluding hydrogens is 204 g/mol. The van der Waals surface area contributed by atoms with Gasteiger partial charge in [-0.25, -0.2) is 9.78 Å². The number of carbonyl (C=O) groups is 1. The lowest BCUT2D eigenvalue weighted by Gasteiger charge is -2.25. The van der Waals surface area contributed by atoms with Gasteiger partial charge in [-0.1, -0.05) is 12.2 Å². The fraction of sp³-hybridized carbons (Fsp3) is 0.333. The number of aryl methyl sites for hydroxylation is 1. The molecule has 1 aromatic rings. The molecule has 0 amide bonds. The van der Waals surface area contributed by atoms with Gasteiger partial charge in [0.15, 0.2) is 0 Å². The number of carboxylic acid groups (broad SMARTS) is 1. The van der Waals surface area contributed by atoms with Crippen LogP contribution in [-0.2, 0) is 0 Å². The van der Waals surface area contributed by atoms with Crippen molar-refractivity contribution in [3.05, 3.63) is 35.5 Å². The monoisotopic (exact) mass is 218 g/mol. The third-order valence-electron chi connectivity index (χ3n) is 2.60. The Balaban J connectivity index is 2.40. The highest BCUT2D eigenvalue weighted by Gasteiger charge is 2.17. The van der Waals surface area contributed by atoms with E-state index in [0.29, 0.717) is 5.82 Å². The number of aromatic carboxylic acids is 1. The second kappa shape index (κ2) is 4.35. The zero-order chi connectivity index (χ0) is 11.5. The Morgan fingerprint density at radius 3 is 2.88 bits per heavy atom. The quantitative estimate of drug-likeness (QED) is 0.770. The van der Waals surface area contributed by atoms with E-state index in [0.717, 1.165) is 25.2 Å². The van der Waals surface area contributed by atoms with Crippen LogP contribution in [0, 0.1) is 6.92 Å². The van der Waals surface area contributed by atoms with E-state index in [1.165, 1.54) is 0 Å². The minimum atomic E-state index is -0.919. The van der Waals surface area contributed by atoms with Gasteiger partial charge in [0, 0.05) is 18.8 Å². The average Bonchev–Trinajstić information content (AvgIpc) is 2.29. The fourth-order valence-corrected chi connectivity index (χ4v) is 1.78. The zero-order valence-electron chi connectivity index (χ0n) is 9.18. The first kappa shape index (κ1) is 10.7. The minimum Gasteiger partial charge on any atom is -0.478 e. The molecule has 1 aromatic heterocycles. The van der Waals surface area contributed by atoms with Gasteiger partial charge < -0.3 is 10.0 Å². The average molecular weight is 218 g/mol. The summed E-state index contributed by atoms with van der Waals surface area (Å²) in [7, 11) is 0. The van der Waals surface area contributed by atoms with Crippen molar-refractivity contribution in [3.63, 3.8) is 0 Å². The molecule has 1 aliphatic rings. The molecule has 0 atom stereocenters. The Hall–Kier alpha value is -1.84. The number of pyridine rings is 1. The van der Waals surface area contributed by atoms with E-state index in [4.69, 9.17) is 5.11 Å². The van der Waals surface area contributed by atoms with E-state index in [1.807, 2.05) is 17.9 Å². The second-order valence-corrected chi connectivity index (χ2v) is 3.84. The smallest absolute Gasteiger partial charge is 0.339 e. The summed E-state index contributed by atoms with van der Waals surface area (Å²) in [6.07, 6.45) is 5.08. The lowest BCUT2D eigenvalue weighted by molar-refractivity contribution is 0.0697. The summed E-state index contributed by atoms with van der Waals surface area (Å²) in [5.74, 6) is -0.339. The largest absolute Gasteiger partial charge is 0.478 e. The predicted molar refractivity (Wildman–Crippen MR) is 61.9 cm³/mol. The molecule has 4 nitrogen and oxygen atoms in total. The van der Waals surface area contributed by atoms with Crippen LogP contribution in [0.1, 0.15) is 22.5 Å². The van der Waals surface area contributed by atoms with E-state index in [-0.39, 0.29) is 5.56 Å². The Kier molecular flexibility index (Phi) is 2.90. The Labute approximate surface area is 94.2 Å². The van der Waals surface area contributed by atoms with Gasteiger partial charge in [0.25, 0.3) is 0 Å². The van der Waals surface area contributed by atoms with Crippen molar-refractivity contribution in [2.45, 2.75) is 13.3 Å². The molecule has 0 unspecified atom stereocenters. The van der Waals surface area contributed by atoms with E-state index in [2.05, 4.69) is 11.1 Å². The maximum Gasteiger partial charge on any atom is 0.339 e. The first-order valence-electron chi connectivity index (χ1n) is 5.29. The van der Waals surface area contributed by atoms with Crippen molar-refractivity contribution in [2.75, 3.05) is 18.0 Å². The number of hydrogen-bond donors (Lipinski definition) is 1. The summed E-state index contributed by atoms with van der Waals surface area (Å²) in [4.78, 5) is 17.4. The van der Waals surface area contributed by atoms with Crippen LogP contribution in [0.3, 0.4) is 0 Å². The summed E-state index contributed by atoms with van der Waals surface area (Å²) in [5, 5.41) is 9.10. The maximum absolute atomic E-state index is 11.1. The number of anilines is 1. The van der Waals surface area contributed by atoms with Gasteiger partial charge >= 0.3 is 5.97 Å². The highest BCUT2D eigenvalue weighted by atomic mass is 16.4. The molecule has 0 aliphatic carbocycles. The normalized spacial score (nSPS) is 15.2. The number of hydrogen-bond acceptors (Lipinski definition) is 3. The van der Waals surface area contributed by atoms with Gasteiger partial charge in [-0.3, -0.25) is 0 Å². The summed E-state index contributed by atoms with van der Waals surface area (Å²) >= 11 is 0. The Morgan fingerprint density at radius 1 is 1.44 bits per heavy atom. The molecule has 0 saturated carbocycles. The third-order valence-corrected chi connectivity index (χ3v) is 2.60. The van der Waals surface area contributed by atoms with E-state index >= 15 is 0 Å². The van der Waals surface area contributed by atoms with Crippen molar-refractivity contribution in [2.24, 2.45) is 0 Å². The molecule has 0 fully saturated rings. The van der Waals surface area contributed by atoms with Crippen LogP contribution in [0.4, 0.5) is 5.82 Å². The Morgan fingerprint density at radius 2 is 2.25 bits per heavy atom. The van der Waals surface area contributed by atoms with Crippen LogP contribution < -0.4 is 4.90 Å². The number of carboxylic acids is 1. The van der Waals surface area contributed by atoms with Gasteiger partial charge in [-0.15, -0.1) is 0 Å². The number of nitrogens with zero attached hydrogens (tertiary/aromatic N) is 2. The van der Waals surface area contributed by atoms with Crippen molar-refractivity contribution < 1.29 is 9.90 Å². The summed E-state index contributed by atoms with van der Waals surface area (Å²) < 4.78 is 0. The summed E-state index contributed by atoms with van der Waals surface area (Å²) in [6.45, 7) is 3.43. The molecule has 0 aromatic carbocycles. The fourth-order valence-electron chi connectivity index (χ4n) is 1.78. The summed E-state index contributed by atoms with van der Waals surface area (Å²) in [5.41, 5.74) is 1.12. The van der Waals surface area contributed by atoms with Crippen LogP contribution in [0.2, 0.25) is 0 Å². The van der Waals surface area contributed by atoms with Crippen molar-refractivity contribution in [1.82, 2.24) is 4.98 Å². The van der Waals surface area contributed by atoms with E-state index in [1.54, 1.807) is 12.1 Å². The highest BCUT2D eigenvalue weighted by molar-refractivity contribution is 5.93. The Bertz CT molecular complexity index is 441. The number of rotatable bonds is 2. The van der Waals surface area contributed by atoms with E-state index < -0.39 is 5.97 Å². The van der Waals surface area contributed by atoms with E-state index in [9.17, 15) is 4.79 Å². The third kappa shape index (κ3) is 2.05. The van der Waals surface area contributed by atoms with Crippen LogP contribution >= 0.6 is 0 Å². The second-order valence-electron chi connectivity index (χ2n) is 3.84. The highest BCUT2D eigenvalue weighted by Crippen LogP contribution is 2.20. The van der Waals surface area contributed by atoms with Crippen molar-refractivity contribution in [1.29, 1.82) is 0 Å². The molecule has 0 saturated heterocycles. The zero-order valence-corrected chi connectivity index (χ0v) is 9.18. The van der Waals surface area contributed by atoms with Crippen LogP contribution in [0.5, 0.6) is 0 Å². The molecule has 1 N–H and O–H groups in total. The van der Waals surface area contributed by atoms with Gasteiger partial charge in [0.1, 0.15) is 11.4 Å². The molecular formula is C12H14N2O2. The molecule has 0 spiro atoms. The topological polar surface area (TPSA) is 53.4 Å². The first-order chi connectivity index (χ1) is 7.68. The SMILES string of the molecule is Cc1ccc(C(=O)O)c(N2CC=CCC2)n1. The predicted octanol–water partition coefficient (Wildman–Crippen LogP) is 1.85. The minimum absolute atomic E-state index is 0.279. The molecule has 0 radical (unpaired) electrons. The molecule has 1 aliphatic heterocycles. The van der Waals surface area contributed by atoms with Gasteiger partial charge in [0.2, 0.25) is 0 Å². The molecule has 2 heterocycles. The molecule has 4 heteroatoms. The molecule has 16 heavy (non-hydrogen) atoms. The maximum atomic E-state index is 11.1. The van der Waals surface area contributed by atoms with Crippen LogP contribution in [0.15, 0.2) is 24.3 Å². The van der Waals surface area contributed by atoms with Gasteiger partial charge in [0.05, 0.1) is 0 Å². The summed E-state index contributed by atoms with van der Waals surface area (Å²) in [6, 6.07) is 3.35. The van der Waals surface area contributed by atoms with Crippen molar-refractivity contribution in [3.8, 4) is 0 Å². The molecule has 2 rings (SSSR count).